The molecular weight excluding hydrogens is 1110 g/mol. The minimum atomic E-state index is -4.64. The number of para-hydroxylation sites is 9. The van der Waals surface area contributed by atoms with Crippen molar-refractivity contribution < 1.29 is 32.7 Å². The zero-order valence-electron chi connectivity index (χ0n) is 48.8. The zero-order valence-corrected chi connectivity index (χ0v) is 48.8. The molecule has 0 saturated heterocycles. The van der Waals surface area contributed by atoms with Gasteiger partial charge in [0, 0.05) is 54.0 Å². The molecule has 6 aromatic carbocycles. The number of pyridine rings is 3. The molecule has 3 fully saturated rings. The van der Waals surface area contributed by atoms with E-state index in [1.807, 2.05) is 61.1 Å². The van der Waals surface area contributed by atoms with Crippen LogP contribution in [0.2, 0.25) is 0 Å². The van der Waals surface area contributed by atoms with Crippen LogP contribution < -0.4 is 22.5 Å². The Morgan fingerprint density at radius 1 is 0.500 bits per heavy atom. The third-order valence-electron chi connectivity index (χ3n) is 17.1. The number of carbonyl (C=O) groups is 3. The van der Waals surface area contributed by atoms with E-state index >= 15 is 0 Å². The van der Waals surface area contributed by atoms with Crippen LogP contribution in [0.5, 0.6) is 0 Å². The number of anilines is 4. The summed E-state index contributed by atoms with van der Waals surface area (Å²) in [7, 11) is 0. The average Bonchev–Trinajstić information content (AvgIpc) is 2.84. The van der Waals surface area contributed by atoms with Crippen molar-refractivity contribution in [2.45, 2.75) is 128 Å². The summed E-state index contributed by atoms with van der Waals surface area (Å²) in [5.74, 6) is 3.85. The number of fused-ring (bicyclic) bond motifs is 4. The molecule has 16 heteroatoms. The Morgan fingerprint density at radius 2 is 0.864 bits per heavy atom. The van der Waals surface area contributed by atoms with Crippen LogP contribution in [0.1, 0.15) is 138 Å². The third kappa shape index (κ3) is 18.2. The highest BCUT2D eigenvalue weighted by molar-refractivity contribution is 5.94. The van der Waals surface area contributed by atoms with Crippen LogP contribution in [0, 0.1) is 17.8 Å². The van der Waals surface area contributed by atoms with Gasteiger partial charge in [-0.1, -0.05) is 98.4 Å². The Labute approximate surface area is 512 Å². The molecule has 10 aromatic rings. The Balaban J connectivity index is 0.000000154. The first kappa shape index (κ1) is 64.8. The van der Waals surface area contributed by atoms with Crippen molar-refractivity contribution in [3.05, 3.63) is 205 Å². The summed E-state index contributed by atoms with van der Waals surface area (Å²) in [6.45, 7) is 0. The maximum absolute atomic E-state index is 12.4. The normalized spacial score (nSPS) is 18.9. The fourth-order valence-corrected chi connectivity index (χ4v) is 12.7. The number of imidazole rings is 1. The maximum atomic E-state index is 12.4. The highest BCUT2D eigenvalue weighted by atomic mass is 19.4. The van der Waals surface area contributed by atoms with Gasteiger partial charge in [-0.3, -0.25) is 29.3 Å². The van der Waals surface area contributed by atoms with Crippen molar-refractivity contribution in [1.82, 2.24) is 24.9 Å². The molecule has 0 aliphatic heterocycles. The summed E-state index contributed by atoms with van der Waals surface area (Å²) in [4.78, 5) is 53.5. The summed E-state index contributed by atoms with van der Waals surface area (Å²) >= 11 is 0. The number of aromatic amines is 1. The lowest BCUT2D eigenvalue weighted by molar-refractivity contribution is -0.156. The summed E-state index contributed by atoms with van der Waals surface area (Å²) in [5, 5.41) is 15.7. The molecule has 13 nitrogen and oxygen atoms in total. The van der Waals surface area contributed by atoms with Gasteiger partial charge in [0.1, 0.15) is 5.82 Å². The predicted octanol–water partition coefficient (Wildman–Crippen LogP) is 17.0. The van der Waals surface area contributed by atoms with E-state index in [0.717, 1.165) is 97.1 Å². The van der Waals surface area contributed by atoms with E-state index < -0.39 is 18.4 Å². The third-order valence-corrected chi connectivity index (χ3v) is 17.1. The number of amides is 1. The molecule has 4 heterocycles. The highest BCUT2D eigenvalue weighted by Gasteiger charge is 2.28. The van der Waals surface area contributed by atoms with Gasteiger partial charge >= 0.3 is 12.1 Å². The summed E-state index contributed by atoms with van der Waals surface area (Å²) in [6.07, 6.45) is 15.7. The van der Waals surface area contributed by atoms with Crippen LogP contribution in [-0.2, 0) is 20.8 Å². The van der Waals surface area contributed by atoms with Gasteiger partial charge < -0.3 is 32.6 Å². The number of carboxylic acid groups (broad SMARTS) is 1. The van der Waals surface area contributed by atoms with Crippen molar-refractivity contribution in [2.75, 3.05) is 22.5 Å². The minimum Gasteiger partial charge on any atom is -0.481 e. The fourth-order valence-electron chi connectivity index (χ4n) is 12.7. The largest absolute Gasteiger partial charge is 0.481 e. The molecular formula is C72H80F3N9O4. The molecule has 3 aliphatic carbocycles. The number of nitrogen functional groups attached to an aromatic ring is 3. The van der Waals surface area contributed by atoms with Crippen LogP contribution in [0.25, 0.3) is 43.7 Å². The molecule has 88 heavy (non-hydrogen) atoms. The van der Waals surface area contributed by atoms with Gasteiger partial charge in [-0.15, -0.1) is 0 Å². The Morgan fingerprint density at radius 3 is 1.26 bits per heavy atom. The molecule has 3 saturated carbocycles. The number of rotatable bonds is 10. The minimum absolute atomic E-state index is 0. The number of aliphatic carboxylic acids is 1. The number of benzene rings is 6. The number of nitrogens with two attached hydrogens (primary N) is 3. The SMILES string of the molecule is C.Nc1ccccc1N.Nc1ccccc1NC(=O)CC1CCC(c2ccnc3ccccc23)CC1.O=C(O)CC1CCC(c2ccnc3ccccc23)CC1.O=CC(F)(F)F.c1ccc2[nH]c(CC3CCC(c4ccnc5ccccc45)CC3)nc2c1. The number of alkyl halides is 3. The van der Waals surface area contributed by atoms with Gasteiger partial charge in [0.15, 0.2) is 0 Å². The smallest absolute Gasteiger partial charge is 0.446 e. The van der Waals surface area contributed by atoms with Gasteiger partial charge in [-0.25, -0.2) is 4.98 Å². The number of hydrogen-bond acceptors (Lipinski definition) is 10. The first-order valence-electron chi connectivity index (χ1n) is 30.1. The van der Waals surface area contributed by atoms with Crippen LogP contribution in [0.4, 0.5) is 35.9 Å². The maximum Gasteiger partial charge on any atom is 0.446 e. The topological polar surface area (TPSA) is 229 Å². The number of aldehydes is 1. The molecule has 0 bridgehead atoms. The summed E-state index contributed by atoms with van der Waals surface area (Å²) in [6, 6.07) is 54.7. The van der Waals surface area contributed by atoms with Crippen LogP contribution in [0.15, 0.2) is 182 Å². The molecule has 13 rings (SSSR count). The molecule has 4 aromatic heterocycles. The molecule has 0 atom stereocenters. The fraction of sp³-hybridized carbons (Fsp3) is 0.319. The number of halogens is 3. The second-order valence-corrected chi connectivity index (χ2v) is 23.0. The molecule has 3 aliphatic rings. The number of aromatic nitrogens is 5. The van der Waals surface area contributed by atoms with E-state index in [9.17, 15) is 22.8 Å². The number of carbonyl (C=O) groups excluding carboxylic acids is 2. The average molecular weight is 1190 g/mol. The van der Waals surface area contributed by atoms with E-state index in [0.29, 0.717) is 65.2 Å². The lowest BCUT2D eigenvalue weighted by Crippen LogP contribution is -2.21. The van der Waals surface area contributed by atoms with Gasteiger partial charge in [0.25, 0.3) is 0 Å². The van der Waals surface area contributed by atoms with Gasteiger partial charge in [0.05, 0.1) is 50.3 Å². The quantitative estimate of drug-likeness (QED) is 0.0557. The van der Waals surface area contributed by atoms with Crippen LogP contribution in [-0.4, -0.2) is 54.4 Å². The van der Waals surface area contributed by atoms with Crippen molar-refractivity contribution >= 4 is 84.7 Å². The van der Waals surface area contributed by atoms with Gasteiger partial charge in [-0.2, -0.15) is 13.2 Å². The number of carboxylic acids is 1. The lowest BCUT2D eigenvalue weighted by Gasteiger charge is -2.29. The zero-order chi connectivity index (χ0) is 61.1. The van der Waals surface area contributed by atoms with Crippen LogP contribution in [0.3, 0.4) is 0 Å². The first-order chi connectivity index (χ1) is 42.2. The molecule has 0 spiro atoms. The second kappa shape index (κ2) is 31.5. The highest BCUT2D eigenvalue weighted by Crippen LogP contribution is 2.42. The summed E-state index contributed by atoms with van der Waals surface area (Å²) < 4.78 is 31.2. The Hall–Kier alpha value is -9.18. The molecule has 0 radical (unpaired) electrons. The number of nitrogens with zero attached hydrogens (tertiary/aromatic N) is 4. The molecule has 1 amide bonds. The number of nitrogens with one attached hydrogen (secondary N) is 2. The predicted molar refractivity (Wildman–Crippen MR) is 350 cm³/mol. The van der Waals surface area contributed by atoms with E-state index in [1.165, 1.54) is 58.5 Å². The van der Waals surface area contributed by atoms with Gasteiger partial charge in [0.2, 0.25) is 12.2 Å². The van der Waals surface area contributed by atoms with E-state index in [1.54, 1.807) is 18.2 Å². The Kier molecular flexibility index (Phi) is 23.2. The Bertz CT molecular complexity index is 3800. The summed E-state index contributed by atoms with van der Waals surface area (Å²) in [5.41, 5.74) is 29.1. The van der Waals surface area contributed by atoms with E-state index in [2.05, 4.69) is 128 Å². The molecule has 0 unspecified atom stereocenters. The first-order valence-corrected chi connectivity index (χ1v) is 30.1. The van der Waals surface area contributed by atoms with Crippen molar-refractivity contribution in [3.8, 4) is 0 Å². The van der Waals surface area contributed by atoms with Crippen molar-refractivity contribution in [1.29, 1.82) is 0 Å². The monoisotopic (exact) mass is 1190 g/mol. The van der Waals surface area contributed by atoms with E-state index in [4.69, 9.17) is 32.1 Å². The molecule has 458 valence electrons. The lowest BCUT2D eigenvalue weighted by atomic mass is 9.77. The van der Waals surface area contributed by atoms with Crippen molar-refractivity contribution in [2.24, 2.45) is 17.8 Å². The van der Waals surface area contributed by atoms with Crippen LogP contribution >= 0.6 is 0 Å². The number of H-pyrrole nitrogens is 1. The van der Waals surface area contributed by atoms with Gasteiger partial charge in [-0.05, 0) is 202 Å². The molecule has 9 N–H and O–H groups in total. The van der Waals surface area contributed by atoms with Crippen molar-refractivity contribution in [3.63, 3.8) is 0 Å². The number of hydrogen-bond donors (Lipinski definition) is 6. The van der Waals surface area contributed by atoms with E-state index in [-0.39, 0.29) is 13.3 Å². The second-order valence-electron chi connectivity index (χ2n) is 23.0. The standard InChI is InChI=1S/C23H25N3O.C23H23N3.C17H19NO2.C6H8N2.C2HF3O.CH4/c24-20-6-2-4-8-22(20)26-23(27)15-16-9-11-17(12-10-16)18-13-14-25-21-7-3-1-5-19(18)21;1-2-6-20-19(5-1)18(13-14-24-20)17-11-9-16(10-12-17)15-23-25-21-7-3-4-8-22(21)26-23;19-17(20)11-12-5-7-13(8-6-12)14-9-10-18-16-4-2-1-3-15(14)16;7-5-3-1-2-4-6(5)8;3-2(4,5)1-6;/h1-8,13-14,16-17H,9-12,15,24H2,(H,26,27);1-8,13-14,16-17H,9-12,15H2,(H,25,26);1-4,9-10,12-13H,5-8,11H2,(H,19,20);1-4H,7-8H2;1H;1H4.